The van der Waals surface area contributed by atoms with Crippen LogP contribution in [0.3, 0.4) is 0 Å². The molecule has 2 N–H and O–H groups in total. The number of rotatable bonds is 3. The van der Waals surface area contributed by atoms with E-state index in [2.05, 4.69) is 49.4 Å². The third-order valence-corrected chi connectivity index (χ3v) is 4.51. The van der Waals surface area contributed by atoms with Crippen LogP contribution in [0.1, 0.15) is 22.1 Å². The summed E-state index contributed by atoms with van der Waals surface area (Å²) in [5, 5.41) is 1.11. The smallest absolute Gasteiger partial charge is 0.103 e. The van der Waals surface area contributed by atoms with Crippen LogP contribution in [0.25, 0.3) is 10.2 Å². The summed E-state index contributed by atoms with van der Waals surface area (Å²) in [7, 11) is 0. The molecule has 0 radical (unpaired) electrons. The summed E-state index contributed by atoms with van der Waals surface area (Å²) in [5.41, 5.74) is 9.54. The molecule has 1 atom stereocenters. The van der Waals surface area contributed by atoms with Gasteiger partial charge in [0, 0.05) is 12.5 Å². The molecule has 1 heterocycles. The first-order chi connectivity index (χ1) is 9.29. The Bertz CT molecular complexity index is 688. The average Bonchev–Trinajstić information content (AvgIpc) is 2.86. The van der Waals surface area contributed by atoms with Crippen LogP contribution in [0.5, 0.6) is 0 Å². The number of fused-ring (bicyclic) bond motifs is 1. The summed E-state index contributed by atoms with van der Waals surface area (Å²) in [6, 6.07) is 16.7. The van der Waals surface area contributed by atoms with Gasteiger partial charge >= 0.3 is 0 Å². The van der Waals surface area contributed by atoms with Crippen molar-refractivity contribution in [2.24, 2.45) is 5.73 Å². The fourth-order valence-electron chi connectivity index (χ4n) is 2.32. The first kappa shape index (κ1) is 12.3. The molecule has 2 aromatic carbocycles. The lowest BCUT2D eigenvalue weighted by molar-refractivity contribution is 0.812. The standard InChI is InChI=1S/C16H16N2S/c1-11-6-5-9-14-15(11)18-16(19-14)13(10-17)12-7-3-2-4-8-12/h2-9,13H,10,17H2,1H3. The van der Waals surface area contributed by atoms with E-state index in [4.69, 9.17) is 10.7 Å². The molecule has 0 aliphatic heterocycles. The van der Waals surface area contributed by atoms with Crippen molar-refractivity contribution in [3.8, 4) is 0 Å². The van der Waals surface area contributed by atoms with Gasteiger partial charge in [0.15, 0.2) is 0 Å². The van der Waals surface area contributed by atoms with Crippen LogP contribution in [-0.4, -0.2) is 11.5 Å². The predicted octanol–water partition coefficient (Wildman–Crippen LogP) is 3.70. The molecule has 19 heavy (non-hydrogen) atoms. The largest absolute Gasteiger partial charge is 0.329 e. The van der Waals surface area contributed by atoms with Gasteiger partial charge in [0.2, 0.25) is 0 Å². The van der Waals surface area contributed by atoms with Crippen molar-refractivity contribution in [2.45, 2.75) is 12.8 Å². The summed E-state index contributed by atoms with van der Waals surface area (Å²) >= 11 is 1.75. The molecule has 1 unspecified atom stereocenters. The second-order valence-corrected chi connectivity index (χ2v) is 5.73. The summed E-state index contributed by atoms with van der Waals surface area (Å²) in [5.74, 6) is 0.193. The molecule has 1 aromatic heterocycles. The molecule has 3 aromatic rings. The van der Waals surface area contributed by atoms with Crippen LogP contribution in [0.4, 0.5) is 0 Å². The molecule has 0 aliphatic carbocycles. The summed E-state index contributed by atoms with van der Waals surface area (Å²) in [6.45, 7) is 2.69. The predicted molar refractivity (Wildman–Crippen MR) is 81.7 cm³/mol. The van der Waals surface area contributed by atoms with Gasteiger partial charge in [-0.15, -0.1) is 11.3 Å². The monoisotopic (exact) mass is 268 g/mol. The molecule has 2 nitrogen and oxygen atoms in total. The minimum absolute atomic E-state index is 0.193. The molecule has 3 heteroatoms. The molecular weight excluding hydrogens is 252 g/mol. The molecule has 0 bridgehead atoms. The van der Waals surface area contributed by atoms with E-state index in [9.17, 15) is 0 Å². The van der Waals surface area contributed by atoms with Crippen molar-refractivity contribution >= 4 is 21.6 Å². The van der Waals surface area contributed by atoms with E-state index in [1.807, 2.05) is 6.07 Å². The average molecular weight is 268 g/mol. The second-order valence-electron chi connectivity index (χ2n) is 4.67. The van der Waals surface area contributed by atoms with Crippen molar-refractivity contribution in [3.63, 3.8) is 0 Å². The van der Waals surface area contributed by atoms with Crippen molar-refractivity contribution < 1.29 is 0 Å². The number of hydrogen-bond acceptors (Lipinski definition) is 3. The van der Waals surface area contributed by atoms with Gasteiger partial charge in [-0.3, -0.25) is 0 Å². The molecule has 0 aliphatic rings. The SMILES string of the molecule is Cc1cccc2sc(C(CN)c3ccccc3)nc12. The zero-order valence-electron chi connectivity index (χ0n) is 10.8. The van der Waals surface area contributed by atoms with E-state index < -0.39 is 0 Å². The number of benzene rings is 2. The van der Waals surface area contributed by atoms with E-state index >= 15 is 0 Å². The van der Waals surface area contributed by atoms with E-state index in [1.165, 1.54) is 15.8 Å². The zero-order chi connectivity index (χ0) is 13.2. The number of nitrogens with two attached hydrogens (primary N) is 1. The molecule has 96 valence electrons. The lowest BCUT2D eigenvalue weighted by Crippen LogP contribution is -2.13. The number of thiazole rings is 1. The van der Waals surface area contributed by atoms with Crippen LogP contribution in [0.2, 0.25) is 0 Å². The van der Waals surface area contributed by atoms with Crippen molar-refractivity contribution in [3.05, 3.63) is 64.7 Å². The first-order valence-electron chi connectivity index (χ1n) is 6.40. The molecular formula is C16H16N2S. The van der Waals surface area contributed by atoms with Crippen LogP contribution in [0, 0.1) is 6.92 Å². The van der Waals surface area contributed by atoms with Gasteiger partial charge in [0.1, 0.15) is 5.01 Å². The molecule has 0 fully saturated rings. The number of aryl methyl sites for hydroxylation is 1. The van der Waals surface area contributed by atoms with E-state index in [0.29, 0.717) is 6.54 Å². The Hall–Kier alpha value is -1.71. The second kappa shape index (κ2) is 5.11. The van der Waals surface area contributed by atoms with Gasteiger partial charge in [-0.05, 0) is 24.1 Å². The van der Waals surface area contributed by atoms with Crippen LogP contribution < -0.4 is 5.73 Å². The highest BCUT2D eigenvalue weighted by atomic mass is 32.1. The highest BCUT2D eigenvalue weighted by molar-refractivity contribution is 7.18. The van der Waals surface area contributed by atoms with Gasteiger partial charge < -0.3 is 5.73 Å². The van der Waals surface area contributed by atoms with Crippen LogP contribution in [-0.2, 0) is 0 Å². The van der Waals surface area contributed by atoms with Gasteiger partial charge in [-0.1, -0.05) is 42.5 Å². The summed E-state index contributed by atoms with van der Waals surface area (Å²) in [4.78, 5) is 4.80. The zero-order valence-corrected chi connectivity index (χ0v) is 11.7. The van der Waals surface area contributed by atoms with Crippen molar-refractivity contribution in [1.29, 1.82) is 0 Å². The van der Waals surface area contributed by atoms with Gasteiger partial charge in [0.25, 0.3) is 0 Å². The topological polar surface area (TPSA) is 38.9 Å². The molecule has 0 saturated heterocycles. The van der Waals surface area contributed by atoms with E-state index in [-0.39, 0.29) is 5.92 Å². The van der Waals surface area contributed by atoms with E-state index in [1.54, 1.807) is 11.3 Å². The molecule has 0 spiro atoms. The third-order valence-electron chi connectivity index (χ3n) is 3.37. The quantitative estimate of drug-likeness (QED) is 0.786. The Balaban J connectivity index is 2.09. The number of aromatic nitrogens is 1. The Morgan fingerprint density at radius 1 is 1.11 bits per heavy atom. The summed E-state index contributed by atoms with van der Waals surface area (Å²) in [6.07, 6.45) is 0. The highest BCUT2D eigenvalue weighted by Gasteiger charge is 2.17. The Kier molecular flexibility index (Phi) is 3.32. The number of hydrogen-bond donors (Lipinski definition) is 1. The molecule has 0 amide bonds. The lowest BCUT2D eigenvalue weighted by atomic mass is 10.0. The normalized spacial score (nSPS) is 12.7. The Morgan fingerprint density at radius 2 is 1.89 bits per heavy atom. The Labute approximate surface area is 116 Å². The first-order valence-corrected chi connectivity index (χ1v) is 7.22. The fraction of sp³-hybridized carbons (Fsp3) is 0.188. The van der Waals surface area contributed by atoms with Gasteiger partial charge in [0.05, 0.1) is 10.2 Å². The summed E-state index contributed by atoms with van der Waals surface area (Å²) < 4.78 is 1.24. The number of para-hydroxylation sites is 1. The third kappa shape index (κ3) is 2.27. The minimum atomic E-state index is 0.193. The van der Waals surface area contributed by atoms with E-state index in [0.717, 1.165) is 10.5 Å². The maximum Gasteiger partial charge on any atom is 0.103 e. The van der Waals surface area contributed by atoms with Crippen molar-refractivity contribution in [1.82, 2.24) is 4.98 Å². The minimum Gasteiger partial charge on any atom is -0.329 e. The van der Waals surface area contributed by atoms with Crippen LogP contribution in [0.15, 0.2) is 48.5 Å². The number of nitrogens with zero attached hydrogens (tertiary/aromatic N) is 1. The molecule has 0 saturated carbocycles. The van der Waals surface area contributed by atoms with Gasteiger partial charge in [-0.25, -0.2) is 4.98 Å². The fourth-order valence-corrected chi connectivity index (χ4v) is 3.50. The van der Waals surface area contributed by atoms with Crippen molar-refractivity contribution in [2.75, 3.05) is 6.54 Å². The maximum absolute atomic E-state index is 5.96. The highest BCUT2D eigenvalue weighted by Crippen LogP contribution is 2.32. The van der Waals surface area contributed by atoms with Gasteiger partial charge in [-0.2, -0.15) is 0 Å². The van der Waals surface area contributed by atoms with Crippen LogP contribution >= 0.6 is 11.3 Å². The molecule has 3 rings (SSSR count). The Morgan fingerprint density at radius 3 is 2.58 bits per heavy atom. The maximum atomic E-state index is 5.96. The lowest BCUT2D eigenvalue weighted by Gasteiger charge is -2.11.